The number of hydrogen-bond acceptors (Lipinski definition) is 5. The lowest BCUT2D eigenvalue weighted by Crippen LogP contribution is -1.79. The molecule has 0 saturated carbocycles. The van der Waals surface area contributed by atoms with E-state index in [9.17, 15) is 0 Å². The monoisotopic (exact) mass is 231 g/mol. The third-order valence-corrected chi connectivity index (χ3v) is 3.30. The second-order valence-corrected chi connectivity index (χ2v) is 4.35. The SMILES string of the molecule is Cc1nnsc1-c1nc2nccc(C)c2[nH]1. The molecule has 0 bridgehead atoms. The van der Waals surface area contributed by atoms with Crippen LogP contribution < -0.4 is 0 Å². The van der Waals surface area contributed by atoms with E-state index in [1.165, 1.54) is 11.5 Å². The van der Waals surface area contributed by atoms with Crippen LogP contribution in [0.4, 0.5) is 0 Å². The lowest BCUT2D eigenvalue weighted by molar-refractivity contribution is 1.09. The van der Waals surface area contributed by atoms with Gasteiger partial charge in [-0.25, -0.2) is 9.97 Å². The Morgan fingerprint density at radius 1 is 1.31 bits per heavy atom. The van der Waals surface area contributed by atoms with E-state index in [0.717, 1.165) is 33.1 Å². The summed E-state index contributed by atoms with van der Waals surface area (Å²) in [4.78, 5) is 12.9. The van der Waals surface area contributed by atoms with E-state index in [4.69, 9.17) is 0 Å². The minimum atomic E-state index is 0.739. The molecule has 0 fully saturated rings. The molecule has 5 nitrogen and oxygen atoms in total. The molecule has 3 heterocycles. The average molecular weight is 231 g/mol. The van der Waals surface area contributed by atoms with Crippen LogP contribution in [0.2, 0.25) is 0 Å². The highest BCUT2D eigenvalue weighted by molar-refractivity contribution is 7.09. The molecule has 16 heavy (non-hydrogen) atoms. The second kappa shape index (κ2) is 3.34. The van der Waals surface area contributed by atoms with Gasteiger partial charge in [-0.05, 0) is 37.0 Å². The Morgan fingerprint density at radius 3 is 2.88 bits per heavy atom. The fourth-order valence-electron chi connectivity index (χ4n) is 1.59. The van der Waals surface area contributed by atoms with Gasteiger partial charge in [-0.3, -0.25) is 0 Å². The van der Waals surface area contributed by atoms with E-state index in [1.54, 1.807) is 6.20 Å². The maximum atomic E-state index is 4.44. The van der Waals surface area contributed by atoms with Crippen molar-refractivity contribution in [2.45, 2.75) is 13.8 Å². The van der Waals surface area contributed by atoms with Crippen molar-refractivity contribution in [3.05, 3.63) is 23.5 Å². The van der Waals surface area contributed by atoms with Gasteiger partial charge >= 0.3 is 0 Å². The molecule has 0 aliphatic rings. The van der Waals surface area contributed by atoms with Crippen LogP contribution in [0.1, 0.15) is 11.3 Å². The Balaban J connectivity index is 2.27. The highest BCUT2D eigenvalue weighted by Gasteiger charge is 2.12. The summed E-state index contributed by atoms with van der Waals surface area (Å²) in [5, 5.41) is 3.97. The van der Waals surface area contributed by atoms with Gasteiger partial charge in [0.2, 0.25) is 0 Å². The summed E-state index contributed by atoms with van der Waals surface area (Å²) in [5.74, 6) is 0.796. The van der Waals surface area contributed by atoms with Crippen LogP contribution in [0.25, 0.3) is 21.9 Å². The first kappa shape index (κ1) is 9.41. The van der Waals surface area contributed by atoms with Gasteiger partial charge in [-0.15, -0.1) is 5.10 Å². The second-order valence-electron chi connectivity index (χ2n) is 3.60. The molecule has 0 atom stereocenters. The molecule has 0 aromatic carbocycles. The maximum Gasteiger partial charge on any atom is 0.178 e. The molecular formula is C10H9N5S. The fourth-order valence-corrected chi connectivity index (χ4v) is 2.19. The summed E-state index contributed by atoms with van der Waals surface area (Å²) in [5.41, 5.74) is 3.74. The molecule has 0 radical (unpaired) electrons. The molecule has 0 saturated heterocycles. The van der Waals surface area contributed by atoms with Crippen LogP contribution in [0.5, 0.6) is 0 Å². The number of fused-ring (bicyclic) bond motifs is 1. The molecule has 0 amide bonds. The van der Waals surface area contributed by atoms with Crippen LogP contribution in [-0.2, 0) is 0 Å². The first-order chi connectivity index (χ1) is 7.75. The number of aromatic nitrogens is 5. The molecule has 3 aromatic rings. The van der Waals surface area contributed by atoms with Gasteiger partial charge in [0.1, 0.15) is 4.88 Å². The highest BCUT2D eigenvalue weighted by Crippen LogP contribution is 2.25. The van der Waals surface area contributed by atoms with Crippen molar-refractivity contribution in [3.8, 4) is 10.7 Å². The van der Waals surface area contributed by atoms with Gasteiger partial charge in [0.15, 0.2) is 11.5 Å². The predicted octanol–water partition coefficient (Wildman–Crippen LogP) is 2.09. The molecular weight excluding hydrogens is 222 g/mol. The summed E-state index contributed by atoms with van der Waals surface area (Å²) in [6, 6.07) is 1.96. The maximum absolute atomic E-state index is 4.44. The standard InChI is InChI=1S/C10H9N5S/c1-5-3-4-11-9-7(5)12-10(13-9)8-6(2)14-15-16-8/h3-4H,1-2H3,(H,11,12,13). The van der Waals surface area contributed by atoms with Crippen molar-refractivity contribution < 1.29 is 0 Å². The van der Waals surface area contributed by atoms with Crippen molar-refractivity contribution in [2.24, 2.45) is 0 Å². The minimum Gasteiger partial charge on any atom is -0.336 e. The topological polar surface area (TPSA) is 67.3 Å². The Labute approximate surface area is 95.7 Å². The van der Waals surface area contributed by atoms with Crippen molar-refractivity contribution in [1.82, 2.24) is 24.5 Å². The van der Waals surface area contributed by atoms with Gasteiger partial charge in [-0.1, -0.05) is 4.49 Å². The zero-order valence-corrected chi connectivity index (χ0v) is 9.67. The number of aromatic amines is 1. The Kier molecular flexibility index (Phi) is 1.97. The number of pyridine rings is 1. The van der Waals surface area contributed by atoms with Crippen LogP contribution in [0, 0.1) is 13.8 Å². The molecule has 0 unspecified atom stereocenters. The van der Waals surface area contributed by atoms with Crippen molar-refractivity contribution >= 4 is 22.7 Å². The number of rotatable bonds is 1. The molecule has 3 rings (SSSR count). The first-order valence-corrected chi connectivity index (χ1v) is 5.63. The van der Waals surface area contributed by atoms with Crippen molar-refractivity contribution in [1.29, 1.82) is 0 Å². The van der Waals surface area contributed by atoms with E-state index < -0.39 is 0 Å². The van der Waals surface area contributed by atoms with Gasteiger partial charge < -0.3 is 4.98 Å². The molecule has 80 valence electrons. The lowest BCUT2D eigenvalue weighted by atomic mass is 10.3. The average Bonchev–Trinajstić information content (AvgIpc) is 2.84. The number of H-pyrrole nitrogens is 1. The van der Waals surface area contributed by atoms with Crippen LogP contribution in [0.15, 0.2) is 12.3 Å². The first-order valence-electron chi connectivity index (χ1n) is 4.86. The zero-order chi connectivity index (χ0) is 11.1. The number of nitrogens with one attached hydrogen (secondary N) is 1. The van der Waals surface area contributed by atoms with E-state index in [2.05, 4.69) is 24.5 Å². The minimum absolute atomic E-state index is 0.739. The van der Waals surface area contributed by atoms with E-state index >= 15 is 0 Å². The quantitative estimate of drug-likeness (QED) is 0.696. The highest BCUT2D eigenvalue weighted by atomic mass is 32.1. The van der Waals surface area contributed by atoms with Gasteiger partial charge in [0.05, 0.1) is 11.2 Å². The summed E-state index contributed by atoms with van der Waals surface area (Å²) >= 11 is 1.34. The number of imidazole rings is 1. The summed E-state index contributed by atoms with van der Waals surface area (Å²) < 4.78 is 3.90. The van der Waals surface area contributed by atoms with Gasteiger partial charge in [0.25, 0.3) is 0 Å². The van der Waals surface area contributed by atoms with Crippen LogP contribution >= 0.6 is 11.5 Å². The third-order valence-electron chi connectivity index (χ3n) is 2.47. The Hall–Kier alpha value is -1.82. The smallest absolute Gasteiger partial charge is 0.178 e. The fraction of sp³-hybridized carbons (Fsp3) is 0.200. The summed E-state index contributed by atoms with van der Waals surface area (Å²) in [6.45, 7) is 3.95. The molecule has 1 N–H and O–H groups in total. The molecule has 0 spiro atoms. The van der Waals surface area contributed by atoms with E-state index in [1.807, 2.05) is 19.9 Å². The normalized spacial score (nSPS) is 11.1. The van der Waals surface area contributed by atoms with Crippen LogP contribution in [-0.4, -0.2) is 24.5 Å². The largest absolute Gasteiger partial charge is 0.336 e. The Morgan fingerprint density at radius 2 is 2.19 bits per heavy atom. The van der Waals surface area contributed by atoms with Crippen molar-refractivity contribution in [2.75, 3.05) is 0 Å². The van der Waals surface area contributed by atoms with Crippen LogP contribution in [0.3, 0.4) is 0 Å². The summed E-state index contributed by atoms with van der Waals surface area (Å²) in [6.07, 6.45) is 1.76. The molecule has 0 aliphatic heterocycles. The number of hydrogen-bond donors (Lipinski definition) is 1. The summed E-state index contributed by atoms with van der Waals surface area (Å²) in [7, 11) is 0. The number of aryl methyl sites for hydroxylation is 2. The molecule has 6 heteroatoms. The lowest BCUT2D eigenvalue weighted by Gasteiger charge is -1.91. The Bertz CT molecular complexity index is 654. The third kappa shape index (κ3) is 1.30. The van der Waals surface area contributed by atoms with E-state index in [0.29, 0.717) is 0 Å². The van der Waals surface area contributed by atoms with E-state index in [-0.39, 0.29) is 0 Å². The zero-order valence-electron chi connectivity index (χ0n) is 8.85. The van der Waals surface area contributed by atoms with Gasteiger partial charge in [-0.2, -0.15) is 0 Å². The predicted molar refractivity (Wildman–Crippen MR) is 62.3 cm³/mol. The number of nitrogens with zero attached hydrogens (tertiary/aromatic N) is 4. The van der Waals surface area contributed by atoms with Gasteiger partial charge in [0, 0.05) is 6.20 Å². The molecule has 0 aliphatic carbocycles. The van der Waals surface area contributed by atoms with Crippen molar-refractivity contribution in [3.63, 3.8) is 0 Å². The molecule has 3 aromatic heterocycles.